The summed E-state index contributed by atoms with van der Waals surface area (Å²) in [5, 5.41) is 0. The van der Waals surface area contributed by atoms with Crippen LogP contribution >= 0.6 is 0 Å². The molecule has 15 heavy (non-hydrogen) atoms. The first-order valence-corrected chi connectivity index (χ1v) is 4.57. The highest BCUT2D eigenvalue weighted by atomic mass is 16.1. The highest BCUT2D eigenvalue weighted by molar-refractivity contribution is 5.76. The molecule has 1 aromatic heterocycles. The molecule has 0 aliphatic heterocycles. The minimum Gasteiger partial charge on any atom is -0.384 e. The highest BCUT2D eigenvalue weighted by Crippen LogP contribution is 2.18. The van der Waals surface area contributed by atoms with Gasteiger partial charge in [0.1, 0.15) is 12.1 Å². The van der Waals surface area contributed by atoms with Gasteiger partial charge in [-0.1, -0.05) is 24.3 Å². The van der Waals surface area contributed by atoms with E-state index in [0.29, 0.717) is 11.4 Å². The molecule has 0 bridgehead atoms. The fourth-order valence-corrected chi connectivity index (χ4v) is 1.33. The maximum absolute atomic E-state index is 10.5. The number of nitrogen functional groups attached to an aromatic ring is 1. The van der Waals surface area contributed by atoms with Gasteiger partial charge in [0.15, 0.2) is 0 Å². The second-order valence-corrected chi connectivity index (χ2v) is 3.21. The SMILES string of the molecule is Nc1ccc(-c2ccc(C=O)cc2)cn1. The van der Waals surface area contributed by atoms with Crippen LogP contribution in [0.15, 0.2) is 42.6 Å². The van der Waals surface area contributed by atoms with E-state index < -0.39 is 0 Å². The normalized spacial score (nSPS) is 9.87. The second kappa shape index (κ2) is 3.92. The van der Waals surface area contributed by atoms with Crippen molar-refractivity contribution in [2.75, 3.05) is 5.73 Å². The van der Waals surface area contributed by atoms with E-state index in [1.807, 2.05) is 18.2 Å². The first-order chi connectivity index (χ1) is 7.29. The van der Waals surface area contributed by atoms with Gasteiger partial charge in [-0.25, -0.2) is 4.98 Å². The number of aromatic nitrogens is 1. The molecule has 0 saturated carbocycles. The van der Waals surface area contributed by atoms with Crippen LogP contribution in [0.4, 0.5) is 5.82 Å². The number of anilines is 1. The van der Waals surface area contributed by atoms with Crippen LogP contribution < -0.4 is 5.73 Å². The molecule has 74 valence electrons. The van der Waals surface area contributed by atoms with E-state index in [-0.39, 0.29) is 0 Å². The van der Waals surface area contributed by atoms with Crippen molar-refractivity contribution in [2.45, 2.75) is 0 Å². The Bertz CT molecular complexity index is 460. The van der Waals surface area contributed by atoms with Gasteiger partial charge in [0.05, 0.1) is 0 Å². The molecule has 0 saturated heterocycles. The van der Waals surface area contributed by atoms with Crippen molar-refractivity contribution in [1.82, 2.24) is 4.98 Å². The van der Waals surface area contributed by atoms with E-state index in [2.05, 4.69) is 4.98 Å². The van der Waals surface area contributed by atoms with Gasteiger partial charge >= 0.3 is 0 Å². The average molecular weight is 198 g/mol. The van der Waals surface area contributed by atoms with Crippen molar-refractivity contribution in [3.8, 4) is 11.1 Å². The maximum atomic E-state index is 10.5. The Morgan fingerprint density at radius 3 is 2.20 bits per heavy atom. The molecule has 0 aliphatic rings. The van der Waals surface area contributed by atoms with Gasteiger partial charge in [-0.15, -0.1) is 0 Å². The van der Waals surface area contributed by atoms with Crippen LogP contribution in [0.25, 0.3) is 11.1 Å². The number of nitrogens with zero attached hydrogens (tertiary/aromatic N) is 1. The molecular formula is C12H10N2O. The molecular weight excluding hydrogens is 188 g/mol. The fourth-order valence-electron chi connectivity index (χ4n) is 1.33. The Morgan fingerprint density at radius 2 is 1.67 bits per heavy atom. The summed E-state index contributed by atoms with van der Waals surface area (Å²) in [6, 6.07) is 11.0. The summed E-state index contributed by atoms with van der Waals surface area (Å²) in [5.74, 6) is 0.503. The third-order valence-electron chi connectivity index (χ3n) is 2.17. The standard InChI is InChI=1S/C12H10N2O/c13-12-6-5-11(7-14-12)10-3-1-9(8-15)2-4-10/h1-8H,(H2,13,14). The van der Waals surface area contributed by atoms with E-state index in [9.17, 15) is 4.79 Å². The summed E-state index contributed by atoms with van der Waals surface area (Å²) in [5.41, 5.74) is 8.17. The first-order valence-electron chi connectivity index (χ1n) is 4.57. The Morgan fingerprint density at radius 1 is 1.00 bits per heavy atom. The molecule has 3 nitrogen and oxygen atoms in total. The zero-order chi connectivity index (χ0) is 10.7. The number of hydrogen-bond acceptors (Lipinski definition) is 3. The van der Waals surface area contributed by atoms with Crippen molar-refractivity contribution in [3.05, 3.63) is 48.2 Å². The van der Waals surface area contributed by atoms with Crippen molar-refractivity contribution < 1.29 is 4.79 Å². The largest absolute Gasteiger partial charge is 0.384 e. The topological polar surface area (TPSA) is 56.0 Å². The molecule has 1 aromatic carbocycles. The molecule has 0 radical (unpaired) electrons. The summed E-state index contributed by atoms with van der Waals surface area (Å²) in [7, 11) is 0. The summed E-state index contributed by atoms with van der Waals surface area (Å²) >= 11 is 0. The minimum atomic E-state index is 0.503. The molecule has 0 aliphatic carbocycles. The van der Waals surface area contributed by atoms with Crippen molar-refractivity contribution in [3.63, 3.8) is 0 Å². The molecule has 2 aromatic rings. The monoisotopic (exact) mass is 198 g/mol. The molecule has 0 atom stereocenters. The zero-order valence-electron chi connectivity index (χ0n) is 8.05. The lowest BCUT2D eigenvalue weighted by Gasteiger charge is -2.01. The third-order valence-corrected chi connectivity index (χ3v) is 2.17. The number of carbonyl (C=O) groups excluding carboxylic acids is 1. The van der Waals surface area contributed by atoms with Crippen LogP contribution in [-0.2, 0) is 0 Å². The number of nitrogens with two attached hydrogens (primary N) is 1. The molecule has 0 spiro atoms. The Balaban J connectivity index is 2.37. The van der Waals surface area contributed by atoms with E-state index in [1.54, 1.807) is 24.4 Å². The second-order valence-electron chi connectivity index (χ2n) is 3.21. The summed E-state index contributed by atoms with van der Waals surface area (Å²) in [6.45, 7) is 0. The lowest BCUT2D eigenvalue weighted by molar-refractivity contribution is 0.112. The van der Waals surface area contributed by atoms with Gasteiger partial charge < -0.3 is 5.73 Å². The van der Waals surface area contributed by atoms with E-state index in [1.165, 1.54) is 0 Å². The molecule has 2 rings (SSSR count). The molecule has 0 fully saturated rings. The van der Waals surface area contributed by atoms with Gasteiger partial charge in [-0.2, -0.15) is 0 Å². The van der Waals surface area contributed by atoms with Crippen LogP contribution in [0.1, 0.15) is 10.4 Å². The lowest BCUT2D eigenvalue weighted by atomic mass is 10.1. The van der Waals surface area contributed by atoms with Gasteiger partial charge in [0.25, 0.3) is 0 Å². The molecule has 0 amide bonds. The quantitative estimate of drug-likeness (QED) is 0.752. The number of aldehydes is 1. The van der Waals surface area contributed by atoms with Gasteiger partial charge in [0.2, 0.25) is 0 Å². The van der Waals surface area contributed by atoms with E-state index in [0.717, 1.165) is 17.4 Å². The zero-order valence-corrected chi connectivity index (χ0v) is 8.05. The summed E-state index contributed by atoms with van der Waals surface area (Å²) in [4.78, 5) is 14.5. The Labute approximate surface area is 87.6 Å². The smallest absolute Gasteiger partial charge is 0.150 e. The first kappa shape index (κ1) is 9.40. The summed E-state index contributed by atoms with van der Waals surface area (Å²) < 4.78 is 0. The number of hydrogen-bond donors (Lipinski definition) is 1. The van der Waals surface area contributed by atoms with Crippen molar-refractivity contribution in [2.24, 2.45) is 0 Å². The number of benzene rings is 1. The molecule has 2 N–H and O–H groups in total. The van der Waals surface area contributed by atoms with E-state index in [4.69, 9.17) is 5.73 Å². The average Bonchev–Trinajstić information content (AvgIpc) is 2.30. The highest BCUT2D eigenvalue weighted by Gasteiger charge is 1.97. The molecule has 3 heteroatoms. The Hall–Kier alpha value is -2.16. The van der Waals surface area contributed by atoms with Crippen LogP contribution in [0, 0.1) is 0 Å². The fraction of sp³-hybridized carbons (Fsp3) is 0. The Kier molecular flexibility index (Phi) is 2.46. The van der Waals surface area contributed by atoms with Gasteiger partial charge in [0, 0.05) is 17.3 Å². The summed E-state index contributed by atoms with van der Waals surface area (Å²) in [6.07, 6.45) is 2.54. The van der Waals surface area contributed by atoms with Crippen LogP contribution in [0.2, 0.25) is 0 Å². The number of rotatable bonds is 2. The predicted molar refractivity (Wildman–Crippen MR) is 59.5 cm³/mol. The van der Waals surface area contributed by atoms with Crippen molar-refractivity contribution >= 4 is 12.1 Å². The van der Waals surface area contributed by atoms with E-state index >= 15 is 0 Å². The molecule has 0 unspecified atom stereocenters. The van der Waals surface area contributed by atoms with Gasteiger partial charge in [-0.05, 0) is 17.7 Å². The van der Waals surface area contributed by atoms with Gasteiger partial charge in [-0.3, -0.25) is 4.79 Å². The lowest BCUT2D eigenvalue weighted by Crippen LogP contribution is -1.89. The number of pyridine rings is 1. The van der Waals surface area contributed by atoms with Crippen LogP contribution in [0.5, 0.6) is 0 Å². The van der Waals surface area contributed by atoms with Crippen LogP contribution in [-0.4, -0.2) is 11.3 Å². The maximum Gasteiger partial charge on any atom is 0.150 e. The minimum absolute atomic E-state index is 0.503. The molecule has 1 heterocycles. The third kappa shape index (κ3) is 2.02. The van der Waals surface area contributed by atoms with Crippen molar-refractivity contribution in [1.29, 1.82) is 0 Å². The predicted octanol–water partition coefficient (Wildman–Crippen LogP) is 2.14. The number of carbonyl (C=O) groups is 1. The van der Waals surface area contributed by atoms with Crippen LogP contribution in [0.3, 0.4) is 0 Å².